The minimum atomic E-state index is 0.855. The molecule has 0 saturated heterocycles. The molecule has 0 saturated carbocycles. The van der Waals surface area contributed by atoms with E-state index in [4.69, 9.17) is 8.83 Å². The van der Waals surface area contributed by atoms with Crippen molar-refractivity contribution in [2.45, 2.75) is 0 Å². The lowest BCUT2D eigenvalue weighted by atomic mass is 10.0. The maximum Gasteiger partial charge on any atom is 0.143 e. The molecule has 53 heavy (non-hydrogen) atoms. The number of rotatable bonds is 5. The van der Waals surface area contributed by atoms with Gasteiger partial charge >= 0.3 is 0 Å². The Labute approximate surface area is 305 Å². The van der Waals surface area contributed by atoms with Gasteiger partial charge in [-0.1, -0.05) is 127 Å². The average Bonchev–Trinajstić information content (AvgIpc) is 3.79. The van der Waals surface area contributed by atoms with Crippen molar-refractivity contribution < 1.29 is 8.83 Å². The Morgan fingerprint density at radius 3 is 1.79 bits per heavy atom. The summed E-state index contributed by atoms with van der Waals surface area (Å²) in [4.78, 5) is 2.33. The fourth-order valence-electron chi connectivity index (χ4n) is 8.06. The minimum absolute atomic E-state index is 0.855. The van der Waals surface area contributed by atoms with Crippen LogP contribution in [0, 0.1) is 0 Å². The molecule has 0 spiro atoms. The van der Waals surface area contributed by atoms with Crippen LogP contribution in [-0.4, -0.2) is 0 Å². The van der Waals surface area contributed by atoms with E-state index in [1.165, 1.54) is 21.5 Å². The van der Waals surface area contributed by atoms with E-state index in [1.54, 1.807) is 0 Å². The highest BCUT2D eigenvalue weighted by molar-refractivity contribution is 6.12. The molecule has 0 fully saturated rings. The molecule has 0 aliphatic carbocycles. The molecule has 3 heteroatoms. The summed E-state index contributed by atoms with van der Waals surface area (Å²) in [5.74, 6) is 0. The van der Waals surface area contributed by atoms with Gasteiger partial charge in [0.1, 0.15) is 22.3 Å². The molecule has 0 aliphatic rings. The molecule has 11 rings (SSSR count). The van der Waals surface area contributed by atoms with Crippen molar-refractivity contribution >= 4 is 82.5 Å². The molecule has 0 amide bonds. The molecular formula is C50H31NO2. The molecule has 0 unspecified atom stereocenters. The number of hydrogen-bond acceptors (Lipinski definition) is 3. The number of para-hydroxylation sites is 2. The van der Waals surface area contributed by atoms with Gasteiger partial charge in [0.05, 0.1) is 0 Å². The Morgan fingerprint density at radius 1 is 0.302 bits per heavy atom. The van der Waals surface area contributed by atoms with Crippen molar-refractivity contribution in [1.82, 2.24) is 0 Å². The number of hydrogen-bond donors (Lipinski definition) is 0. The maximum absolute atomic E-state index is 6.73. The van der Waals surface area contributed by atoms with Gasteiger partial charge in [0.2, 0.25) is 0 Å². The lowest BCUT2D eigenvalue weighted by Gasteiger charge is -2.26. The van der Waals surface area contributed by atoms with Crippen molar-refractivity contribution in [3.63, 3.8) is 0 Å². The number of anilines is 3. The number of nitrogens with zero attached hydrogens (tertiary/aromatic N) is 1. The van der Waals surface area contributed by atoms with Gasteiger partial charge in [0.25, 0.3) is 0 Å². The summed E-state index contributed by atoms with van der Waals surface area (Å²) < 4.78 is 13.0. The summed E-state index contributed by atoms with van der Waals surface area (Å²) >= 11 is 0. The van der Waals surface area contributed by atoms with E-state index >= 15 is 0 Å². The third-order valence-electron chi connectivity index (χ3n) is 10.7. The summed E-state index contributed by atoms with van der Waals surface area (Å²) in [6.45, 7) is 0. The van der Waals surface area contributed by atoms with Gasteiger partial charge in [-0.3, -0.25) is 0 Å². The van der Waals surface area contributed by atoms with Gasteiger partial charge in [-0.25, -0.2) is 0 Å². The third-order valence-corrected chi connectivity index (χ3v) is 10.7. The van der Waals surface area contributed by atoms with E-state index in [9.17, 15) is 0 Å². The topological polar surface area (TPSA) is 29.5 Å². The lowest BCUT2D eigenvalue weighted by molar-refractivity contribution is 0.669. The van der Waals surface area contributed by atoms with Crippen molar-refractivity contribution in [2.24, 2.45) is 0 Å². The SMILES string of the molecule is c1ccc(-c2cccc3c2oc2cc(N(c4ccc(-c5ccc6c(c5)oc5ccccc56)cc4)c4ccc5ccc6ccccc6c5c4)ccc23)cc1. The molecule has 2 heterocycles. The second kappa shape index (κ2) is 11.7. The molecule has 2 aromatic heterocycles. The largest absolute Gasteiger partial charge is 0.456 e. The molecule has 11 aromatic rings. The van der Waals surface area contributed by atoms with Crippen LogP contribution in [0.1, 0.15) is 0 Å². The predicted octanol–water partition coefficient (Wildman–Crippen LogP) is 14.6. The van der Waals surface area contributed by atoms with Crippen LogP contribution in [0.2, 0.25) is 0 Å². The summed E-state index contributed by atoms with van der Waals surface area (Å²) in [7, 11) is 0. The van der Waals surface area contributed by atoms with E-state index in [0.29, 0.717) is 0 Å². The van der Waals surface area contributed by atoms with Gasteiger partial charge in [0.15, 0.2) is 0 Å². The van der Waals surface area contributed by atoms with Crippen molar-refractivity contribution in [3.05, 3.63) is 188 Å². The predicted molar refractivity (Wildman–Crippen MR) is 222 cm³/mol. The number of benzene rings is 9. The van der Waals surface area contributed by atoms with E-state index < -0.39 is 0 Å². The molecule has 248 valence electrons. The first-order valence-electron chi connectivity index (χ1n) is 18.0. The van der Waals surface area contributed by atoms with Gasteiger partial charge in [-0.2, -0.15) is 0 Å². The normalized spacial score (nSPS) is 11.8. The lowest BCUT2D eigenvalue weighted by Crippen LogP contribution is -2.09. The molecule has 3 nitrogen and oxygen atoms in total. The number of fused-ring (bicyclic) bond motifs is 9. The van der Waals surface area contributed by atoms with Gasteiger partial charge in [0, 0.05) is 50.2 Å². The van der Waals surface area contributed by atoms with Crippen LogP contribution in [0.25, 0.3) is 87.7 Å². The quantitative estimate of drug-likeness (QED) is 0.170. The van der Waals surface area contributed by atoms with E-state index in [1.807, 2.05) is 18.2 Å². The van der Waals surface area contributed by atoms with Gasteiger partial charge in [-0.15, -0.1) is 0 Å². The summed E-state index contributed by atoms with van der Waals surface area (Å²) in [6, 6.07) is 66.8. The summed E-state index contributed by atoms with van der Waals surface area (Å²) in [5.41, 5.74) is 11.2. The Bertz CT molecular complexity index is 3170. The molecule has 9 aromatic carbocycles. The van der Waals surface area contributed by atoms with Crippen molar-refractivity contribution in [3.8, 4) is 22.3 Å². The van der Waals surface area contributed by atoms with Crippen molar-refractivity contribution in [2.75, 3.05) is 4.90 Å². The monoisotopic (exact) mass is 677 g/mol. The van der Waals surface area contributed by atoms with Gasteiger partial charge < -0.3 is 13.7 Å². The van der Waals surface area contributed by atoms with Crippen molar-refractivity contribution in [1.29, 1.82) is 0 Å². The maximum atomic E-state index is 6.73. The van der Waals surface area contributed by atoms with Crippen LogP contribution in [0.4, 0.5) is 17.1 Å². The summed E-state index contributed by atoms with van der Waals surface area (Å²) in [5, 5.41) is 9.39. The van der Waals surface area contributed by atoms with Gasteiger partial charge in [-0.05, 0) is 92.8 Å². The van der Waals surface area contributed by atoms with E-state index in [-0.39, 0.29) is 0 Å². The molecule has 0 radical (unpaired) electrons. The molecule has 0 N–H and O–H groups in total. The van der Waals surface area contributed by atoms with Crippen LogP contribution in [-0.2, 0) is 0 Å². The van der Waals surface area contributed by atoms with E-state index in [2.05, 4.69) is 175 Å². The highest BCUT2D eigenvalue weighted by Gasteiger charge is 2.18. The first kappa shape index (κ1) is 29.6. The molecule has 0 aliphatic heterocycles. The Hall–Kier alpha value is -7.10. The smallest absolute Gasteiger partial charge is 0.143 e. The second-order valence-corrected chi connectivity index (χ2v) is 13.7. The molecule has 0 atom stereocenters. The van der Waals surface area contributed by atoms with Crippen LogP contribution in [0.3, 0.4) is 0 Å². The zero-order chi connectivity index (χ0) is 34.9. The molecule has 0 bridgehead atoms. The van der Waals surface area contributed by atoms with Crippen LogP contribution < -0.4 is 4.90 Å². The zero-order valence-corrected chi connectivity index (χ0v) is 28.7. The highest BCUT2D eigenvalue weighted by atomic mass is 16.3. The highest BCUT2D eigenvalue weighted by Crippen LogP contribution is 2.42. The minimum Gasteiger partial charge on any atom is -0.456 e. The third kappa shape index (κ3) is 4.82. The molecular weight excluding hydrogens is 647 g/mol. The number of furan rings is 2. The Balaban J connectivity index is 1.07. The van der Waals surface area contributed by atoms with E-state index in [0.717, 1.165) is 83.2 Å². The van der Waals surface area contributed by atoms with Crippen LogP contribution in [0.15, 0.2) is 197 Å². The first-order chi connectivity index (χ1) is 26.2. The fourth-order valence-corrected chi connectivity index (χ4v) is 8.06. The van der Waals surface area contributed by atoms with Crippen LogP contribution >= 0.6 is 0 Å². The fraction of sp³-hybridized carbons (Fsp3) is 0. The Kier molecular flexibility index (Phi) is 6.55. The zero-order valence-electron chi connectivity index (χ0n) is 28.7. The second-order valence-electron chi connectivity index (χ2n) is 13.7. The summed E-state index contributed by atoms with van der Waals surface area (Å²) in [6.07, 6.45) is 0. The Morgan fingerprint density at radius 2 is 0.906 bits per heavy atom. The first-order valence-corrected chi connectivity index (χ1v) is 18.0. The standard InChI is InChI=1S/C50H31NO2/c1-2-9-33(10-3-1)41-14-8-15-45-44-28-26-39(31-49(44)53-50(41)45)51(38-25-21-35-18-17-34-11-4-5-12-40(34)46(35)30-38)37-23-19-32(20-24-37)36-22-27-43-42-13-6-7-16-47(42)52-48(43)29-36/h1-31H. The average molecular weight is 678 g/mol. The van der Waals surface area contributed by atoms with Crippen LogP contribution in [0.5, 0.6) is 0 Å².